The van der Waals surface area contributed by atoms with Gasteiger partial charge in [-0.2, -0.15) is 0 Å². The summed E-state index contributed by atoms with van der Waals surface area (Å²) in [6, 6.07) is 0. The van der Waals surface area contributed by atoms with Crippen LogP contribution in [0.5, 0.6) is 0 Å². The predicted molar refractivity (Wildman–Crippen MR) is 88.2 cm³/mol. The Morgan fingerprint density at radius 3 is 2.61 bits per heavy atom. The van der Waals surface area contributed by atoms with Crippen LogP contribution in [0.1, 0.15) is 72.1 Å². The van der Waals surface area contributed by atoms with Gasteiger partial charge in [0.25, 0.3) is 0 Å². The molecule has 4 nitrogen and oxygen atoms in total. The van der Waals surface area contributed by atoms with Crippen molar-refractivity contribution in [2.24, 2.45) is 11.3 Å². The molecule has 132 valence electrons. The number of hydrogen-bond acceptors (Lipinski definition) is 4. The van der Waals surface area contributed by atoms with Crippen molar-refractivity contribution in [2.75, 3.05) is 6.61 Å². The minimum Gasteiger partial charge on any atom is -0.462 e. The van der Waals surface area contributed by atoms with Crippen LogP contribution in [0, 0.1) is 11.3 Å². The highest BCUT2D eigenvalue weighted by molar-refractivity contribution is 5.76. The van der Waals surface area contributed by atoms with Gasteiger partial charge in [0, 0.05) is 13.0 Å². The van der Waals surface area contributed by atoms with Crippen LogP contribution in [0.4, 0.5) is 0 Å². The number of carbonyl (C=O) groups excluding carboxylic acids is 1. The normalized spacial score (nSPS) is 37.1. The SMILES string of the molecule is CCC(C)(C)C(=O)OC1CCCC(OCC2CCC3OC3C2)C1. The Labute approximate surface area is 140 Å². The molecular weight excluding hydrogens is 292 g/mol. The number of ether oxygens (including phenoxy) is 3. The van der Waals surface area contributed by atoms with Crippen LogP contribution >= 0.6 is 0 Å². The number of epoxide rings is 1. The Bertz CT molecular complexity index is 420. The summed E-state index contributed by atoms with van der Waals surface area (Å²) in [5, 5.41) is 0. The van der Waals surface area contributed by atoms with Crippen molar-refractivity contribution in [3.63, 3.8) is 0 Å². The molecule has 1 saturated heterocycles. The van der Waals surface area contributed by atoms with Gasteiger partial charge in [-0.25, -0.2) is 0 Å². The molecule has 2 aliphatic carbocycles. The molecule has 3 fully saturated rings. The first kappa shape index (κ1) is 17.2. The van der Waals surface area contributed by atoms with Crippen LogP contribution in [0.2, 0.25) is 0 Å². The lowest BCUT2D eigenvalue weighted by atomic mass is 9.89. The van der Waals surface area contributed by atoms with Gasteiger partial charge in [0.1, 0.15) is 6.10 Å². The summed E-state index contributed by atoms with van der Waals surface area (Å²) in [4.78, 5) is 12.2. The molecule has 0 aromatic heterocycles. The van der Waals surface area contributed by atoms with E-state index in [4.69, 9.17) is 14.2 Å². The molecule has 0 radical (unpaired) electrons. The lowest BCUT2D eigenvalue weighted by Gasteiger charge is -2.32. The summed E-state index contributed by atoms with van der Waals surface area (Å²) < 4.78 is 17.5. The number of esters is 1. The first-order valence-electron chi connectivity index (χ1n) is 9.46. The molecule has 0 aromatic rings. The van der Waals surface area contributed by atoms with Crippen molar-refractivity contribution >= 4 is 5.97 Å². The van der Waals surface area contributed by atoms with Crippen LogP contribution in [-0.4, -0.2) is 37.0 Å². The van der Waals surface area contributed by atoms with Crippen molar-refractivity contribution < 1.29 is 19.0 Å². The maximum atomic E-state index is 12.2. The van der Waals surface area contributed by atoms with E-state index in [0.717, 1.165) is 38.7 Å². The largest absolute Gasteiger partial charge is 0.462 e. The molecule has 3 rings (SSSR count). The Hall–Kier alpha value is -0.610. The molecular formula is C19H32O4. The van der Waals surface area contributed by atoms with E-state index in [9.17, 15) is 4.79 Å². The monoisotopic (exact) mass is 324 g/mol. The van der Waals surface area contributed by atoms with Crippen molar-refractivity contribution in [1.82, 2.24) is 0 Å². The Morgan fingerprint density at radius 2 is 1.87 bits per heavy atom. The molecule has 5 atom stereocenters. The van der Waals surface area contributed by atoms with E-state index in [0.29, 0.717) is 18.1 Å². The van der Waals surface area contributed by atoms with E-state index in [1.165, 1.54) is 19.3 Å². The highest BCUT2D eigenvalue weighted by atomic mass is 16.6. The van der Waals surface area contributed by atoms with Crippen molar-refractivity contribution in [1.29, 1.82) is 0 Å². The number of carbonyl (C=O) groups is 1. The van der Waals surface area contributed by atoms with Crippen molar-refractivity contribution in [2.45, 2.75) is 96.6 Å². The quantitative estimate of drug-likeness (QED) is 0.550. The summed E-state index contributed by atoms with van der Waals surface area (Å²) >= 11 is 0. The van der Waals surface area contributed by atoms with Gasteiger partial charge in [-0.1, -0.05) is 6.92 Å². The second kappa shape index (κ2) is 7.10. The van der Waals surface area contributed by atoms with E-state index >= 15 is 0 Å². The van der Waals surface area contributed by atoms with Gasteiger partial charge in [-0.15, -0.1) is 0 Å². The van der Waals surface area contributed by atoms with Gasteiger partial charge in [0.2, 0.25) is 0 Å². The molecule has 2 saturated carbocycles. The summed E-state index contributed by atoms with van der Waals surface area (Å²) in [5.74, 6) is 0.593. The minimum atomic E-state index is -0.378. The Balaban J connectivity index is 1.40. The third-order valence-electron chi connectivity index (χ3n) is 5.97. The highest BCUT2D eigenvalue weighted by Crippen LogP contribution is 2.39. The highest BCUT2D eigenvalue weighted by Gasteiger charge is 2.44. The van der Waals surface area contributed by atoms with E-state index < -0.39 is 0 Å². The lowest BCUT2D eigenvalue weighted by molar-refractivity contribution is -0.164. The van der Waals surface area contributed by atoms with E-state index in [-0.39, 0.29) is 23.6 Å². The second-order valence-corrected chi connectivity index (χ2v) is 8.28. The van der Waals surface area contributed by atoms with Gasteiger partial charge in [0.15, 0.2) is 0 Å². The average molecular weight is 324 g/mol. The first-order valence-corrected chi connectivity index (χ1v) is 9.46. The van der Waals surface area contributed by atoms with E-state index in [2.05, 4.69) is 0 Å². The molecule has 4 heteroatoms. The van der Waals surface area contributed by atoms with Crippen molar-refractivity contribution in [3.05, 3.63) is 0 Å². The fraction of sp³-hybridized carbons (Fsp3) is 0.947. The second-order valence-electron chi connectivity index (χ2n) is 8.28. The van der Waals surface area contributed by atoms with E-state index in [1.54, 1.807) is 0 Å². The predicted octanol–water partition coefficient (Wildman–Crippen LogP) is 3.86. The Kier molecular flexibility index (Phi) is 5.32. The van der Waals surface area contributed by atoms with Crippen LogP contribution < -0.4 is 0 Å². The van der Waals surface area contributed by atoms with Crippen LogP contribution in [0.15, 0.2) is 0 Å². The molecule has 5 unspecified atom stereocenters. The summed E-state index contributed by atoms with van der Waals surface area (Å²) in [5.41, 5.74) is -0.378. The fourth-order valence-electron chi connectivity index (χ4n) is 3.73. The molecule has 1 aliphatic heterocycles. The molecule has 0 bridgehead atoms. The third-order valence-corrected chi connectivity index (χ3v) is 5.97. The molecule has 0 spiro atoms. The van der Waals surface area contributed by atoms with Gasteiger partial charge < -0.3 is 14.2 Å². The maximum absolute atomic E-state index is 12.2. The molecule has 23 heavy (non-hydrogen) atoms. The van der Waals surface area contributed by atoms with Crippen LogP contribution in [-0.2, 0) is 19.0 Å². The number of hydrogen-bond donors (Lipinski definition) is 0. The molecule has 3 aliphatic rings. The lowest BCUT2D eigenvalue weighted by Crippen LogP contribution is -2.35. The molecule has 1 heterocycles. The Morgan fingerprint density at radius 1 is 1.09 bits per heavy atom. The molecule has 0 N–H and O–H groups in total. The summed E-state index contributed by atoms with van der Waals surface area (Å²) in [6.07, 6.45) is 9.82. The van der Waals surface area contributed by atoms with Gasteiger partial charge in [-0.05, 0) is 64.7 Å². The van der Waals surface area contributed by atoms with Crippen LogP contribution in [0.3, 0.4) is 0 Å². The third kappa shape index (κ3) is 4.48. The van der Waals surface area contributed by atoms with Gasteiger partial charge in [0.05, 0.1) is 23.7 Å². The van der Waals surface area contributed by atoms with Gasteiger partial charge in [-0.3, -0.25) is 4.79 Å². The smallest absolute Gasteiger partial charge is 0.311 e. The standard InChI is InChI=1S/C19H32O4/c1-4-19(2,3)18(20)22-15-7-5-6-14(11-15)21-12-13-8-9-16-17(10-13)23-16/h13-17H,4-12H2,1-3H3. The van der Waals surface area contributed by atoms with Gasteiger partial charge >= 0.3 is 5.97 Å². The average Bonchev–Trinajstić information content (AvgIpc) is 3.32. The summed E-state index contributed by atoms with van der Waals surface area (Å²) in [6.45, 7) is 6.80. The molecule has 0 amide bonds. The van der Waals surface area contributed by atoms with Crippen LogP contribution in [0.25, 0.3) is 0 Å². The zero-order valence-electron chi connectivity index (χ0n) is 14.9. The zero-order chi connectivity index (χ0) is 16.4. The van der Waals surface area contributed by atoms with Crippen molar-refractivity contribution in [3.8, 4) is 0 Å². The maximum Gasteiger partial charge on any atom is 0.311 e. The topological polar surface area (TPSA) is 48.1 Å². The molecule has 0 aromatic carbocycles. The zero-order valence-corrected chi connectivity index (χ0v) is 14.9. The minimum absolute atomic E-state index is 0.0366. The summed E-state index contributed by atoms with van der Waals surface area (Å²) in [7, 11) is 0. The number of fused-ring (bicyclic) bond motifs is 1. The fourth-order valence-corrected chi connectivity index (χ4v) is 3.73. The number of rotatable bonds is 6. The first-order chi connectivity index (χ1) is 11.0. The van der Waals surface area contributed by atoms with E-state index in [1.807, 2.05) is 20.8 Å².